The average Bonchev–Trinajstić information content (AvgIpc) is 2.49. The topological polar surface area (TPSA) is 67.1 Å². The van der Waals surface area contributed by atoms with Crippen LogP contribution < -0.4 is 16.0 Å². The molecule has 0 bridgehead atoms. The Morgan fingerprint density at radius 2 is 1.86 bits per heavy atom. The summed E-state index contributed by atoms with van der Waals surface area (Å²) in [5.74, 6) is 2.08. The molecule has 5 heteroatoms. The molecule has 112 valence electrons. The van der Waals surface area contributed by atoms with Crippen LogP contribution in [-0.2, 0) is 0 Å². The molecule has 0 fully saturated rings. The molecule has 1 aromatic carbocycles. The number of aryl methyl sites for hydroxylation is 1. The molecule has 0 unspecified atom stereocenters. The van der Waals surface area contributed by atoms with Crippen LogP contribution in [0.3, 0.4) is 0 Å². The number of para-hydroxylation sites is 1. The van der Waals surface area contributed by atoms with E-state index in [0.29, 0.717) is 11.6 Å². The molecule has 1 aromatic heterocycles. The van der Waals surface area contributed by atoms with Gasteiger partial charge in [0, 0.05) is 31.4 Å². The first kappa shape index (κ1) is 15.1. The minimum Gasteiger partial charge on any atom is -0.383 e. The van der Waals surface area contributed by atoms with Gasteiger partial charge in [0.2, 0.25) is 0 Å². The maximum absolute atomic E-state index is 5.85. The second kappa shape index (κ2) is 6.92. The number of rotatable bonds is 6. The van der Waals surface area contributed by atoms with Gasteiger partial charge in [-0.3, -0.25) is 0 Å². The van der Waals surface area contributed by atoms with Crippen LogP contribution in [0.1, 0.15) is 17.8 Å². The fourth-order valence-electron chi connectivity index (χ4n) is 2.16. The zero-order valence-corrected chi connectivity index (χ0v) is 12.9. The predicted octanol–water partition coefficient (Wildman–Crippen LogP) is 2.61. The molecular formula is C16H23N5. The van der Waals surface area contributed by atoms with Crippen molar-refractivity contribution in [2.45, 2.75) is 20.3 Å². The first-order valence-electron chi connectivity index (χ1n) is 7.18. The van der Waals surface area contributed by atoms with Crippen LogP contribution in [0.25, 0.3) is 0 Å². The molecule has 0 aliphatic carbocycles. The van der Waals surface area contributed by atoms with Crippen molar-refractivity contribution >= 4 is 17.3 Å². The van der Waals surface area contributed by atoms with Gasteiger partial charge in [-0.1, -0.05) is 18.2 Å². The zero-order valence-electron chi connectivity index (χ0n) is 12.9. The van der Waals surface area contributed by atoms with E-state index >= 15 is 0 Å². The van der Waals surface area contributed by atoms with Gasteiger partial charge < -0.3 is 16.0 Å². The third-order valence-corrected chi connectivity index (χ3v) is 3.45. The molecule has 0 aliphatic rings. The number of benzene rings is 1. The van der Waals surface area contributed by atoms with E-state index in [1.807, 2.05) is 19.9 Å². The molecule has 1 heterocycles. The lowest BCUT2D eigenvalue weighted by Crippen LogP contribution is -2.21. The van der Waals surface area contributed by atoms with Crippen LogP contribution in [0.5, 0.6) is 0 Å². The molecule has 0 atom stereocenters. The molecule has 2 rings (SSSR count). The van der Waals surface area contributed by atoms with Gasteiger partial charge in [0.25, 0.3) is 0 Å². The Labute approximate surface area is 126 Å². The van der Waals surface area contributed by atoms with Gasteiger partial charge in [-0.25, -0.2) is 9.97 Å². The molecule has 21 heavy (non-hydrogen) atoms. The molecule has 0 aliphatic heterocycles. The summed E-state index contributed by atoms with van der Waals surface area (Å²) in [6, 6.07) is 10.4. The summed E-state index contributed by atoms with van der Waals surface area (Å²) in [5, 5.41) is 3.34. The number of nitrogens with two attached hydrogens (primary N) is 1. The highest BCUT2D eigenvalue weighted by atomic mass is 15.1. The number of hydrogen-bond donors (Lipinski definition) is 2. The Hall–Kier alpha value is -2.30. The quantitative estimate of drug-likeness (QED) is 0.799. The number of hydrogen-bond acceptors (Lipinski definition) is 5. The van der Waals surface area contributed by atoms with E-state index in [2.05, 4.69) is 51.5 Å². The van der Waals surface area contributed by atoms with Gasteiger partial charge in [0.1, 0.15) is 17.5 Å². The van der Waals surface area contributed by atoms with Crippen molar-refractivity contribution in [2.24, 2.45) is 0 Å². The number of anilines is 3. The molecule has 0 amide bonds. The van der Waals surface area contributed by atoms with Crippen LogP contribution in [0.2, 0.25) is 0 Å². The highest BCUT2D eigenvalue weighted by Gasteiger charge is 2.06. The fourth-order valence-corrected chi connectivity index (χ4v) is 2.16. The largest absolute Gasteiger partial charge is 0.383 e. The Kier molecular flexibility index (Phi) is 4.98. The smallest absolute Gasteiger partial charge is 0.134 e. The second-order valence-electron chi connectivity index (χ2n) is 5.17. The molecule has 3 N–H and O–H groups in total. The molecular weight excluding hydrogens is 262 g/mol. The Morgan fingerprint density at radius 1 is 1.14 bits per heavy atom. The summed E-state index contributed by atoms with van der Waals surface area (Å²) in [6.45, 7) is 5.63. The van der Waals surface area contributed by atoms with Crippen LogP contribution in [0.4, 0.5) is 17.3 Å². The summed E-state index contributed by atoms with van der Waals surface area (Å²) in [7, 11) is 2.10. The minimum absolute atomic E-state index is 0.548. The van der Waals surface area contributed by atoms with Crippen molar-refractivity contribution in [3.8, 4) is 0 Å². The monoisotopic (exact) mass is 285 g/mol. The third-order valence-electron chi connectivity index (χ3n) is 3.45. The second-order valence-corrected chi connectivity index (χ2v) is 5.17. The lowest BCUT2D eigenvalue weighted by atomic mass is 10.2. The fraction of sp³-hybridized carbons (Fsp3) is 0.375. The molecule has 0 radical (unpaired) electrons. The number of nitrogens with zero attached hydrogens (tertiary/aromatic N) is 3. The lowest BCUT2D eigenvalue weighted by Gasteiger charge is -2.19. The van der Waals surface area contributed by atoms with Crippen molar-refractivity contribution in [3.05, 3.63) is 41.7 Å². The van der Waals surface area contributed by atoms with Gasteiger partial charge in [0.15, 0.2) is 0 Å². The SMILES string of the molecule is Cc1nc(N)c(C)c(NCCCN(C)c2ccccc2)n1. The molecule has 5 nitrogen and oxygen atoms in total. The van der Waals surface area contributed by atoms with E-state index in [-0.39, 0.29) is 0 Å². The predicted molar refractivity (Wildman–Crippen MR) is 88.7 cm³/mol. The van der Waals surface area contributed by atoms with Gasteiger partial charge in [-0.15, -0.1) is 0 Å². The maximum Gasteiger partial charge on any atom is 0.134 e. The Bertz CT molecular complexity index is 583. The normalized spacial score (nSPS) is 10.4. The minimum atomic E-state index is 0.548. The summed E-state index contributed by atoms with van der Waals surface area (Å²) < 4.78 is 0. The highest BCUT2D eigenvalue weighted by Crippen LogP contribution is 2.17. The van der Waals surface area contributed by atoms with E-state index in [1.54, 1.807) is 0 Å². The van der Waals surface area contributed by atoms with Crippen LogP contribution >= 0.6 is 0 Å². The van der Waals surface area contributed by atoms with Gasteiger partial charge in [-0.2, -0.15) is 0 Å². The number of aromatic nitrogens is 2. The summed E-state index contributed by atoms with van der Waals surface area (Å²) >= 11 is 0. The standard InChI is InChI=1S/C16H23N5/c1-12-15(17)19-13(2)20-16(12)18-10-7-11-21(3)14-8-5-4-6-9-14/h4-6,8-9H,7,10-11H2,1-3H3,(H3,17,18,19,20). The van der Waals surface area contributed by atoms with Gasteiger partial charge >= 0.3 is 0 Å². The van der Waals surface area contributed by atoms with E-state index < -0.39 is 0 Å². The number of nitrogen functional groups attached to an aromatic ring is 1. The summed E-state index contributed by atoms with van der Waals surface area (Å²) in [6.07, 6.45) is 1.02. The molecule has 2 aromatic rings. The van der Waals surface area contributed by atoms with E-state index in [0.717, 1.165) is 30.9 Å². The first-order valence-corrected chi connectivity index (χ1v) is 7.18. The van der Waals surface area contributed by atoms with Gasteiger partial charge in [0.05, 0.1) is 0 Å². The maximum atomic E-state index is 5.85. The lowest BCUT2D eigenvalue weighted by molar-refractivity contribution is 0.812. The summed E-state index contributed by atoms with van der Waals surface area (Å²) in [5.41, 5.74) is 8.00. The van der Waals surface area contributed by atoms with Crippen molar-refractivity contribution in [3.63, 3.8) is 0 Å². The molecule has 0 spiro atoms. The van der Waals surface area contributed by atoms with Crippen LogP contribution in [0.15, 0.2) is 30.3 Å². The Morgan fingerprint density at radius 3 is 2.57 bits per heavy atom. The van der Waals surface area contributed by atoms with Crippen molar-refractivity contribution in [2.75, 3.05) is 36.1 Å². The van der Waals surface area contributed by atoms with Gasteiger partial charge in [-0.05, 0) is 32.4 Å². The first-order chi connectivity index (χ1) is 10.1. The van der Waals surface area contributed by atoms with Crippen LogP contribution in [0, 0.1) is 13.8 Å². The molecule has 0 saturated heterocycles. The summed E-state index contributed by atoms with van der Waals surface area (Å²) in [4.78, 5) is 10.8. The third kappa shape index (κ3) is 4.08. The average molecular weight is 285 g/mol. The van der Waals surface area contributed by atoms with E-state index in [9.17, 15) is 0 Å². The Balaban J connectivity index is 1.83. The van der Waals surface area contributed by atoms with Crippen LogP contribution in [-0.4, -0.2) is 30.1 Å². The van der Waals surface area contributed by atoms with Crippen molar-refractivity contribution in [1.29, 1.82) is 0 Å². The van der Waals surface area contributed by atoms with Crippen molar-refractivity contribution < 1.29 is 0 Å². The van der Waals surface area contributed by atoms with Crippen molar-refractivity contribution in [1.82, 2.24) is 9.97 Å². The van der Waals surface area contributed by atoms with E-state index in [4.69, 9.17) is 5.73 Å². The zero-order chi connectivity index (χ0) is 15.2. The number of nitrogens with one attached hydrogen (secondary N) is 1. The molecule has 0 saturated carbocycles. The highest BCUT2D eigenvalue weighted by molar-refractivity contribution is 5.54. The van der Waals surface area contributed by atoms with E-state index in [1.165, 1.54) is 5.69 Å².